The number of nitrogens with one attached hydrogen (secondary N) is 10. The van der Waals surface area contributed by atoms with Crippen molar-refractivity contribution in [2.75, 3.05) is 59.6 Å². The average Bonchev–Trinajstić information content (AvgIpc) is 1.60. The number of aromatic amines is 2. The number of nitrogens with zero attached hydrogens (tertiary/aromatic N) is 5. The third kappa shape index (κ3) is 36.2. The molecule has 2 aliphatic rings. The van der Waals surface area contributed by atoms with Gasteiger partial charge < -0.3 is 36.1 Å². The van der Waals surface area contributed by atoms with Gasteiger partial charge in [0, 0.05) is 44.6 Å². The highest BCUT2D eigenvalue weighted by Crippen LogP contribution is 2.14. The van der Waals surface area contributed by atoms with Crippen molar-refractivity contribution in [1.82, 2.24) is 72.3 Å². The number of likely N-dealkylation sites (N-methyl/N-ethyl adjacent to an activating group) is 1. The lowest BCUT2D eigenvalue weighted by molar-refractivity contribution is -0.153. The summed E-state index contributed by atoms with van der Waals surface area (Å²) in [6, 6.07) is -3.23. The van der Waals surface area contributed by atoms with Crippen molar-refractivity contribution in [3.8, 4) is 0 Å². The summed E-state index contributed by atoms with van der Waals surface area (Å²) in [5.74, 6) is -7.68. The summed E-state index contributed by atoms with van der Waals surface area (Å²) < 4.78 is 193. The molecule has 2 aromatic rings. The number of H-pyrrole nitrogens is 2. The van der Waals surface area contributed by atoms with Gasteiger partial charge in [-0.3, -0.25) is 48.0 Å². The summed E-state index contributed by atoms with van der Waals surface area (Å²) in [7, 11) is -26.3. The predicted molar refractivity (Wildman–Crippen MR) is 392 cm³/mol. The van der Waals surface area contributed by atoms with Gasteiger partial charge >= 0.3 is 41.8 Å². The number of carboxylic acids is 2. The number of pyridine rings is 1. The Bertz CT molecular complexity index is 4520. The van der Waals surface area contributed by atoms with E-state index in [1.807, 2.05) is 14.2 Å². The first-order valence-corrected chi connectivity index (χ1v) is 43.6. The molecule has 2 fully saturated rings. The quantitative estimate of drug-likeness (QED) is 0.0449. The van der Waals surface area contributed by atoms with Crippen molar-refractivity contribution in [2.24, 2.45) is 5.73 Å². The van der Waals surface area contributed by atoms with Crippen molar-refractivity contribution in [3.63, 3.8) is 0 Å². The first-order chi connectivity index (χ1) is 48.2. The Kier molecular flexibility index (Phi) is 44.1. The van der Waals surface area contributed by atoms with Gasteiger partial charge in [-0.15, -0.1) is 0 Å². The van der Waals surface area contributed by atoms with Gasteiger partial charge in [-0.05, 0) is 118 Å². The summed E-state index contributed by atoms with van der Waals surface area (Å²) >= 11 is 0. The second-order valence-electron chi connectivity index (χ2n) is 23.6. The number of piperazine rings is 1. The van der Waals surface area contributed by atoms with E-state index in [4.69, 9.17) is 15.9 Å². The van der Waals surface area contributed by atoms with Crippen LogP contribution in [0.1, 0.15) is 155 Å². The molecule has 0 aliphatic carbocycles. The van der Waals surface area contributed by atoms with E-state index in [0.717, 1.165) is 12.6 Å². The summed E-state index contributed by atoms with van der Waals surface area (Å²) in [6.07, 6.45) is 2.77. The van der Waals surface area contributed by atoms with E-state index in [1.54, 1.807) is 41.9 Å². The molecule has 12 amide bonds. The molecule has 2 saturated heterocycles. The number of imidazole rings is 1. The highest BCUT2D eigenvalue weighted by Gasteiger charge is 2.40. The Morgan fingerprint density at radius 2 is 0.944 bits per heavy atom. The molecule has 4 heterocycles. The van der Waals surface area contributed by atoms with Crippen LogP contribution >= 0.6 is 0 Å². The van der Waals surface area contributed by atoms with Gasteiger partial charge in [0.1, 0.15) is 12.1 Å². The predicted octanol–water partition coefficient (Wildman–Crippen LogP) is -3.73. The minimum atomic E-state index is -3.87. The monoisotopic (exact) mass is 1710 g/mol. The SMILES string of the molecule is C.CC(C)S(=O)(=O)NC(=O)N1CCN(S(C)(=O)=O)C1=O.CC(C)S(=O)(=O)NC(=O)c1nc[nH]c1C(=O)O.CC(C)S(=O)(=O)NCC(=O)O.CCN1CCN(C(=O)NS(=O)(=O)C(C)C)C(=O)C1=O.CNC(=O)CC(N)C(=O)NS(=O)(=O)C(C)C.CNS(=O)(=O)C(C)C.Cc1cc(=O)c(C(=O)NS(=O)(=O)C(C)C)c[nH]1. The van der Waals surface area contributed by atoms with Crippen LogP contribution in [0, 0.1) is 6.92 Å². The highest BCUT2D eigenvalue weighted by molar-refractivity contribution is 7.92. The third-order valence-corrected chi connectivity index (χ3v) is 26.5. The van der Waals surface area contributed by atoms with Crippen molar-refractivity contribution >= 4 is 146 Å². The molecule has 108 heavy (non-hydrogen) atoms. The molecule has 1 atom stereocenters. The van der Waals surface area contributed by atoms with Crippen molar-refractivity contribution in [1.29, 1.82) is 0 Å². The summed E-state index contributed by atoms with van der Waals surface area (Å²) in [5, 5.41) is 14.3. The molecule has 0 aromatic carbocycles. The molecular weight excluding hydrogens is 1610 g/mol. The van der Waals surface area contributed by atoms with Gasteiger partial charge in [-0.2, -0.15) is 0 Å². The smallest absolute Gasteiger partial charge is 0.354 e. The van der Waals surface area contributed by atoms with E-state index < -0.39 is 207 Å². The minimum absolute atomic E-state index is 0. The molecule has 54 heteroatoms. The number of imide groups is 2. The lowest BCUT2D eigenvalue weighted by Gasteiger charge is -2.31. The topological polar surface area (TPSA) is 698 Å². The van der Waals surface area contributed by atoms with Crippen LogP contribution in [0.25, 0.3) is 0 Å². The molecule has 46 nitrogen and oxygen atoms in total. The number of aromatic carboxylic acids is 1. The van der Waals surface area contributed by atoms with E-state index in [-0.39, 0.29) is 50.8 Å². The number of sulfonamides is 8. The Balaban J connectivity index is -0.000000591. The Labute approximate surface area is 628 Å². The number of nitrogens with two attached hydrogens (primary N) is 1. The standard InChI is InChI=1S/C10H17N3O5S.C10H14N2O4S.C8H15N3O6S2.C8H11N3O5S.C8H17N3O4S.C5H11NO4S.C4H11NO2S.CH4/c1-4-12-5-6-13(9(15)8(12)14)10(16)11-19(17,18)7(2)3;1-6(2)17(15,16)12-10(14)8-5-11-7(3)4-9(8)13;1-6(2)19(16,17)9-7(12)10-4-5-11(8(10)13)18(3,14)15;1-4(2)17(15,16)11-7(12)5-6(8(13)14)10-3-9-5;1-5(2)16(14,15)11-8(13)6(9)4-7(12)10-3;1-4(2)11(9,10)6-3-5(7)8;1-4(2)8(6,7)5-3;/h7H,4-6H2,1-3H3,(H,11,16);4-6H,1-3H3,(H,11,13)(H,12,14);6H,4-5H2,1-3H3,(H,9,12);3-4H,1-2H3,(H,9,10)(H,11,12)(H,13,14);5-6H,4,9H2,1-3H3,(H,10,12)(H,11,13);4,6H,3H2,1-2H3,(H,7,8);4-5H,1-3H3;1H4. The van der Waals surface area contributed by atoms with Crippen molar-refractivity contribution in [3.05, 3.63) is 51.5 Å². The molecule has 0 spiro atoms. The number of hydrogen-bond acceptors (Lipinski definition) is 30. The van der Waals surface area contributed by atoms with Crippen LogP contribution in [0.4, 0.5) is 14.4 Å². The number of urea groups is 3. The Hall–Kier alpha value is -8.39. The lowest BCUT2D eigenvalue weighted by atomic mass is 10.2. The van der Waals surface area contributed by atoms with Crippen LogP contribution in [0.15, 0.2) is 23.4 Å². The number of carbonyl (C=O) groups excluding carboxylic acids is 9. The third-order valence-electron chi connectivity index (χ3n) is 13.2. The Morgan fingerprint density at radius 1 is 0.546 bits per heavy atom. The fraction of sp³-hybridized carbons (Fsp3) is 0.648. The zero-order valence-corrected chi connectivity index (χ0v) is 68.2. The molecule has 2 aromatic heterocycles. The summed E-state index contributed by atoms with van der Waals surface area (Å²) in [6.45, 7) is 23.3. The Morgan fingerprint density at radius 3 is 1.30 bits per heavy atom. The van der Waals surface area contributed by atoms with Gasteiger partial charge in [0.15, 0.2) is 16.8 Å². The first kappa shape index (κ1) is 106. The summed E-state index contributed by atoms with van der Waals surface area (Å²) in [4.78, 5) is 147. The van der Waals surface area contributed by atoms with Gasteiger partial charge in [-0.1, -0.05) is 7.43 Å². The molecule has 2 aliphatic heterocycles. The number of aryl methyl sites for hydroxylation is 1. The van der Waals surface area contributed by atoms with Gasteiger partial charge in [-0.25, -0.2) is 129 Å². The second-order valence-corrected chi connectivity index (χ2v) is 41.5. The molecular formula is C54H100N16O30S8. The maximum absolute atomic E-state index is 11.7. The van der Waals surface area contributed by atoms with Gasteiger partial charge in [0.2, 0.25) is 86.1 Å². The fourth-order valence-corrected chi connectivity index (χ4v) is 11.0. The van der Waals surface area contributed by atoms with Crippen LogP contribution in [0.2, 0.25) is 0 Å². The molecule has 14 N–H and O–H groups in total. The van der Waals surface area contributed by atoms with Crippen LogP contribution in [0.5, 0.6) is 0 Å². The second kappa shape index (κ2) is 44.9. The fourth-order valence-electron chi connectivity index (χ4n) is 6.04. The normalized spacial score (nSPS) is 13.8. The number of carboxylic acid groups (broad SMARTS) is 2. The number of aromatic nitrogens is 3. The molecule has 4 rings (SSSR count). The molecule has 0 bridgehead atoms. The van der Waals surface area contributed by atoms with Crippen LogP contribution in [0.3, 0.4) is 0 Å². The van der Waals surface area contributed by atoms with Crippen LogP contribution in [-0.4, -0.2) is 279 Å². The number of hydrogen-bond donors (Lipinski definition) is 13. The number of carbonyl (C=O) groups is 11. The first-order valence-electron chi connectivity index (χ1n) is 31.0. The molecule has 0 radical (unpaired) electrons. The van der Waals surface area contributed by atoms with E-state index in [9.17, 15) is 125 Å². The van der Waals surface area contributed by atoms with Gasteiger partial charge in [0.05, 0.1) is 74.9 Å². The van der Waals surface area contributed by atoms with E-state index in [0.29, 0.717) is 26.3 Å². The van der Waals surface area contributed by atoms with Gasteiger partial charge in [0.25, 0.3) is 17.7 Å². The van der Waals surface area contributed by atoms with E-state index in [1.165, 1.54) is 114 Å². The maximum Gasteiger partial charge on any atom is 0.354 e. The number of rotatable bonds is 24. The number of amides is 12. The lowest BCUT2D eigenvalue weighted by Crippen LogP contribution is -2.59. The minimum Gasteiger partial charge on any atom is -0.480 e. The highest BCUT2D eigenvalue weighted by atomic mass is 32.2. The van der Waals surface area contributed by atoms with Crippen LogP contribution in [-0.2, 0) is 104 Å². The zero-order valence-electron chi connectivity index (χ0n) is 61.7. The van der Waals surface area contributed by atoms with Crippen molar-refractivity contribution < 1.29 is 130 Å². The van der Waals surface area contributed by atoms with E-state index in [2.05, 4.69) is 25.0 Å². The maximum atomic E-state index is 11.7. The average molecular weight is 1710 g/mol. The summed E-state index contributed by atoms with van der Waals surface area (Å²) in [5.41, 5.74) is 4.29. The van der Waals surface area contributed by atoms with Crippen molar-refractivity contribution in [2.45, 2.75) is 167 Å². The van der Waals surface area contributed by atoms with E-state index >= 15 is 0 Å². The molecule has 0 saturated carbocycles. The van der Waals surface area contributed by atoms with Crippen LogP contribution < -0.4 is 49.5 Å². The molecule has 1 unspecified atom stereocenters. The number of aliphatic carboxylic acids is 1. The largest absolute Gasteiger partial charge is 0.480 e. The molecule has 624 valence electrons. The zero-order chi connectivity index (χ0) is 85.0.